The molecule has 0 atom stereocenters. The molecule has 0 aliphatic carbocycles. The van der Waals surface area contributed by atoms with Gasteiger partial charge in [-0.15, -0.1) is 0 Å². The zero-order chi connectivity index (χ0) is 20.1. The lowest BCUT2D eigenvalue weighted by Crippen LogP contribution is -2.32. The molecule has 0 unspecified atom stereocenters. The summed E-state index contributed by atoms with van der Waals surface area (Å²) >= 11 is 11.0. The van der Waals surface area contributed by atoms with Crippen molar-refractivity contribution in [3.8, 4) is 5.95 Å². The van der Waals surface area contributed by atoms with Crippen LogP contribution >= 0.6 is 23.8 Å². The molecule has 3 rings (SSSR count). The SMILES string of the molecule is NC(=S)NCCOc1oc(=O)c2cc(NC(=O)c3ccccc3)ccc2c1Cl. The van der Waals surface area contributed by atoms with Gasteiger partial charge in [0.05, 0.1) is 11.9 Å². The molecule has 0 bridgehead atoms. The number of thiocarbonyl (C=S) groups is 1. The molecule has 0 radical (unpaired) electrons. The van der Waals surface area contributed by atoms with Crippen LogP contribution in [0.15, 0.2) is 57.7 Å². The number of carbonyl (C=O) groups is 1. The van der Waals surface area contributed by atoms with Crippen molar-refractivity contribution >= 4 is 51.3 Å². The largest absolute Gasteiger partial charge is 0.462 e. The Morgan fingerprint density at radius 3 is 2.64 bits per heavy atom. The second-order valence-electron chi connectivity index (χ2n) is 5.71. The van der Waals surface area contributed by atoms with Crippen molar-refractivity contribution in [1.82, 2.24) is 5.32 Å². The molecule has 4 N–H and O–H groups in total. The zero-order valence-corrected chi connectivity index (χ0v) is 16.1. The predicted octanol–water partition coefficient (Wildman–Crippen LogP) is 2.91. The normalized spacial score (nSPS) is 10.5. The van der Waals surface area contributed by atoms with Crippen LogP contribution in [-0.2, 0) is 0 Å². The van der Waals surface area contributed by atoms with E-state index in [-0.39, 0.29) is 34.0 Å². The summed E-state index contributed by atoms with van der Waals surface area (Å²) in [6.45, 7) is 0.481. The Morgan fingerprint density at radius 2 is 1.93 bits per heavy atom. The van der Waals surface area contributed by atoms with Gasteiger partial charge < -0.3 is 25.5 Å². The van der Waals surface area contributed by atoms with E-state index >= 15 is 0 Å². The summed E-state index contributed by atoms with van der Waals surface area (Å²) in [6.07, 6.45) is 0. The number of amides is 1. The maximum Gasteiger partial charge on any atom is 0.346 e. The highest BCUT2D eigenvalue weighted by molar-refractivity contribution is 7.80. The first kappa shape index (κ1) is 19.7. The van der Waals surface area contributed by atoms with E-state index in [4.69, 9.17) is 38.7 Å². The highest BCUT2D eigenvalue weighted by atomic mass is 35.5. The summed E-state index contributed by atoms with van der Waals surface area (Å²) in [4.78, 5) is 24.6. The fraction of sp³-hybridized carbons (Fsp3) is 0.105. The van der Waals surface area contributed by atoms with Crippen LogP contribution in [0.3, 0.4) is 0 Å². The summed E-state index contributed by atoms with van der Waals surface area (Å²) in [6, 6.07) is 13.5. The van der Waals surface area contributed by atoms with Crippen LogP contribution in [-0.4, -0.2) is 24.2 Å². The van der Waals surface area contributed by atoms with Crippen molar-refractivity contribution in [3.05, 3.63) is 69.5 Å². The number of benzene rings is 2. The third kappa shape index (κ3) is 4.59. The highest BCUT2D eigenvalue weighted by Gasteiger charge is 2.15. The van der Waals surface area contributed by atoms with Crippen LogP contribution in [0.5, 0.6) is 5.95 Å². The van der Waals surface area contributed by atoms with Gasteiger partial charge in [0.25, 0.3) is 5.91 Å². The van der Waals surface area contributed by atoms with Crippen molar-refractivity contribution in [2.45, 2.75) is 0 Å². The summed E-state index contributed by atoms with van der Waals surface area (Å²) in [5.41, 5.74) is 5.63. The van der Waals surface area contributed by atoms with Crippen molar-refractivity contribution in [1.29, 1.82) is 0 Å². The molecule has 1 aromatic heterocycles. The van der Waals surface area contributed by atoms with Gasteiger partial charge in [-0.3, -0.25) is 4.79 Å². The summed E-state index contributed by atoms with van der Waals surface area (Å²) in [5.74, 6) is -0.384. The number of nitrogens with two attached hydrogens (primary N) is 1. The van der Waals surface area contributed by atoms with E-state index in [0.717, 1.165) is 0 Å². The average molecular weight is 418 g/mol. The number of ether oxygens (including phenoxy) is 1. The van der Waals surface area contributed by atoms with E-state index in [2.05, 4.69) is 10.6 Å². The Kier molecular flexibility index (Phi) is 6.13. The second-order valence-corrected chi connectivity index (χ2v) is 6.53. The van der Waals surface area contributed by atoms with E-state index < -0.39 is 5.63 Å². The van der Waals surface area contributed by atoms with Crippen LogP contribution in [0.25, 0.3) is 10.8 Å². The van der Waals surface area contributed by atoms with Crippen LogP contribution in [0.2, 0.25) is 5.02 Å². The van der Waals surface area contributed by atoms with Gasteiger partial charge >= 0.3 is 11.6 Å². The minimum atomic E-state index is -0.632. The topological polar surface area (TPSA) is 107 Å². The minimum Gasteiger partial charge on any atom is -0.462 e. The van der Waals surface area contributed by atoms with Crippen molar-refractivity contribution in [2.24, 2.45) is 5.73 Å². The molecule has 7 nitrogen and oxygen atoms in total. The van der Waals surface area contributed by atoms with E-state index in [1.165, 1.54) is 6.07 Å². The number of rotatable bonds is 6. The Labute approximate surface area is 170 Å². The monoisotopic (exact) mass is 417 g/mol. The minimum absolute atomic E-state index is 0.0926. The quantitative estimate of drug-likeness (QED) is 0.418. The van der Waals surface area contributed by atoms with E-state index in [1.54, 1.807) is 36.4 Å². The van der Waals surface area contributed by atoms with E-state index in [1.807, 2.05) is 6.07 Å². The Bertz CT molecular complexity index is 1090. The standard InChI is InChI=1S/C19H16ClN3O4S/c20-15-13-7-6-12(23-16(24)11-4-2-1-3-5-11)10-14(13)17(25)27-18(15)26-9-8-22-19(21)28/h1-7,10H,8-9H2,(H,23,24)(H3,21,22,28). The van der Waals surface area contributed by atoms with Crippen LogP contribution < -0.4 is 26.7 Å². The molecule has 144 valence electrons. The summed E-state index contributed by atoms with van der Waals surface area (Å²) in [5, 5.41) is 6.42. The molecule has 0 aliphatic heterocycles. The molecule has 0 fully saturated rings. The molecular weight excluding hydrogens is 402 g/mol. The maximum absolute atomic E-state index is 12.3. The Hall–Kier alpha value is -3.10. The number of fused-ring (bicyclic) bond motifs is 1. The van der Waals surface area contributed by atoms with Gasteiger partial charge in [-0.2, -0.15) is 0 Å². The van der Waals surface area contributed by atoms with Gasteiger partial charge in [-0.25, -0.2) is 4.79 Å². The molecule has 0 saturated heterocycles. The number of hydrogen-bond donors (Lipinski definition) is 3. The fourth-order valence-corrected chi connectivity index (χ4v) is 2.84. The number of anilines is 1. The lowest BCUT2D eigenvalue weighted by molar-refractivity contribution is 0.102. The molecular formula is C19H16ClN3O4S. The Balaban J connectivity index is 1.82. The van der Waals surface area contributed by atoms with Gasteiger partial charge in [0.2, 0.25) is 0 Å². The fourth-order valence-electron chi connectivity index (χ4n) is 2.48. The Morgan fingerprint density at radius 1 is 1.18 bits per heavy atom. The van der Waals surface area contributed by atoms with Gasteiger partial charge in [-0.05, 0) is 36.5 Å². The second kappa shape index (κ2) is 8.73. The molecule has 3 aromatic rings. The van der Waals surface area contributed by atoms with E-state index in [0.29, 0.717) is 23.2 Å². The van der Waals surface area contributed by atoms with E-state index in [9.17, 15) is 9.59 Å². The number of halogens is 1. The van der Waals surface area contributed by atoms with Crippen molar-refractivity contribution < 1.29 is 13.9 Å². The first-order valence-corrected chi connectivity index (χ1v) is 9.03. The number of carbonyl (C=O) groups excluding carboxylic acids is 1. The van der Waals surface area contributed by atoms with Gasteiger partial charge in [0.15, 0.2) is 5.11 Å². The van der Waals surface area contributed by atoms with Crippen LogP contribution in [0, 0.1) is 0 Å². The van der Waals surface area contributed by atoms with Gasteiger partial charge in [-0.1, -0.05) is 35.9 Å². The zero-order valence-electron chi connectivity index (χ0n) is 14.5. The van der Waals surface area contributed by atoms with Crippen molar-refractivity contribution in [2.75, 3.05) is 18.5 Å². The smallest absolute Gasteiger partial charge is 0.346 e. The number of nitrogens with one attached hydrogen (secondary N) is 2. The first-order valence-electron chi connectivity index (χ1n) is 8.24. The number of hydrogen-bond acceptors (Lipinski definition) is 5. The lowest BCUT2D eigenvalue weighted by Gasteiger charge is -2.10. The highest BCUT2D eigenvalue weighted by Crippen LogP contribution is 2.31. The maximum atomic E-state index is 12.3. The first-order chi connectivity index (χ1) is 13.5. The van der Waals surface area contributed by atoms with Gasteiger partial charge in [0, 0.05) is 16.6 Å². The average Bonchev–Trinajstić information content (AvgIpc) is 2.69. The van der Waals surface area contributed by atoms with Crippen LogP contribution in [0.1, 0.15) is 10.4 Å². The van der Waals surface area contributed by atoms with Crippen molar-refractivity contribution in [3.63, 3.8) is 0 Å². The third-order valence-electron chi connectivity index (χ3n) is 3.77. The molecule has 2 aromatic carbocycles. The molecule has 28 heavy (non-hydrogen) atoms. The van der Waals surface area contributed by atoms with Crippen LogP contribution in [0.4, 0.5) is 5.69 Å². The third-order valence-corrected chi connectivity index (χ3v) is 4.27. The summed E-state index contributed by atoms with van der Waals surface area (Å²) in [7, 11) is 0. The van der Waals surface area contributed by atoms with Gasteiger partial charge in [0.1, 0.15) is 11.6 Å². The molecule has 1 amide bonds. The lowest BCUT2D eigenvalue weighted by atomic mass is 10.1. The molecule has 9 heteroatoms. The molecule has 1 heterocycles. The molecule has 0 aliphatic rings. The predicted molar refractivity (Wildman–Crippen MR) is 112 cm³/mol. The molecule has 0 saturated carbocycles. The molecule has 0 spiro atoms. The summed E-state index contributed by atoms with van der Waals surface area (Å²) < 4.78 is 10.5.